The van der Waals surface area contributed by atoms with Gasteiger partial charge < -0.3 is 15.5 Å². The van der Waals surface area contributed by atoms with Gasteiger partial charge in [0.2, 0.25) is 11.8 Å². The summed E-state index contributed by atoms with van der Waals surface area (Å²) >= 11 is 0. The molecule has 0 unspecified atom stereocenters. The fourth-order valence-electron chi connectivity index (χ4n) is 1.40. The molecule has 1 atom stereocenters. The molecule has 0 bridgehead atoms. The third kappa shape index (κ3) is 4.81. The first kappa shape index (κ1) is 13.9. The van der Waals surface area contributed by atoms with Gasteiger partial charge in [-0.05, 0) is 12.8 Å². The quantitative estimate of drug-likeness (QED) is 0.673. The number of anilines is 1. The Morgan fingerprint density at radius 1 is 1.44 bits per heavy atom. The molecule has 0 aliphatic rings. The van der Waals surface area contributed by atoms with Crippen LogP contribution >= 0.6 is 0 Å². The number of rotatable bonds is 6. The SMILES string of the molecule is CCNC(=O)Nc1nnc(C[C@H](C)CC(N)=O)o1. The van der Waals surface area contributed by atoms with Crippen molar-refractivity contribution < 1.29 is 14.0 Å². The van der Waals surface area contributed by atoms with Gasteiger partial charge in [-0.3, -0.25) is 10.1 Å². The fraction of sp³-hybridized carbons (Fsp3) is 0.600. The summed E-state index contributed by atoms with van der Waals surface area (Å²) in [4.78, 5) is 21.9. The van der Waals surface area contributed by atoms with E-state index in [1.165, 1.54) is 0 Å². The van der Waals surface area contributed by atoms with Crippen molar-refractivity contribution >= 4 is 18.0 Å². The Balaban J connectivity index is 2.47. The summed E-state index contributed by atoms with van der Waals surface area (Å²) in [6.07, 6.45) is 0.689. The maximum absolute atomic E-state index is 11.2. The van der Waals surface area contributed by atoms with E-state index in [-0.39, 0.29) is 24.3 Å². The number of nitrogens with two attached hydrogens (primary N) is 1. The first-order valence-corrected chi connectivity index (χ1v) is 5.66. The molecule has 1 heterocycles. The Morgan fingerprint density at radius 3 is 2.78 bits per heavy atom. The van der Waals surface area contributed by atoms with E-state index in [1.54, 1.807) is 6.92 Å². The minimum absolute atomic E-state index is 0.0141. The number of hydrogen-bond donors (Lipinski definition) is 3. The largest absolute Gasteiger partial charge is 0.408 e. The third-order valence-corrected chi connectivity index (χ3v) is 2.10. The number of urea groups is 1. The van der Waals surface area contributed by atoms with Crippen LogP contribution in [0.25, 0.3) is 0 Å². The summed E-state index contributed by atoms with van der Waals surface area (Å²) in [7, 11) is 0. The molecule has 100 valence electrons. The number of amides is 3. The van der Waals surface area contributed by atoms with Crippen LogP contribution in [0.3, 0.4) is 0 Å². The van der Waals surface area contributed by atoms with E-state index in [0.29, 0.717) is 18.9 Å². The lowest BCUT2D eigenvalue weighted by Crippen LogP contribution is -2.28. The molecule has 1 rings (SSSR count). The summed E-state index contributed by atoms with van der Waals surface area (Å²) in [5, 5.41) is 12.4. The molecule has 0 saturated carbocycles. The molecule has 8 nitrogen and oxygen atoms in total. The zero-order valence-electron chi connectivity index (χ0n) is 10.4. The zero-order chi connectivity index (χ0) is 13.5. The van der Waals surface area contributed by atoms with E-state index in [2.05, 4.69) is 20.8 Å². The number of nitrogens with zero attached hydrogens (tertiary/aromatic N) is 2. The van der Waals surface area contributed by atoms with Crippen molar-refractivity contribution in [3.8, 4) is 0 Å². The number of carbonyl (C=O) groups excluding carboxylic acids is 2. The van der Waals surface area contributed by atoms with Crippen LogP contribution in [0.4, 0.5) is 10.8 Å². The molecule has 18 heavy (non-hydrogen) atoms. The lowest BCUT2D eigenvalue weighted by Gasteiger charge is -2.04. The molecule has 0 aliphatic carbocycles. The normalized spacial score (nSPS) is 11.9. The minimum Gasteiger partial charge on any atom is -0.408 e. The Bertz CT molecular complexity index is 417. The van der Waals surface area contributed by atoms with Crippen molar-refractivity contribution in [3.63, 3.8) is 0 Å². The molecule has 0 spiro atoms. The predicted molar refractivity (Wildman–Crippen MR) is 63.7 cm³/mol. The highest BCUT2D eigenvalue weighted by Gasteiger charge is 2.13. The first-order valence-electron chi connectivity index (χ1n) is 5.66. The highest BCUT2D eigenvalue weighted by Crippen LogP contribution is 2.12. The van der Waals surface area contributed by atoms with Crippen LogP contribution in [-0.4, -0.2) is 28.7 Å². The van der Waals surface area contributed by atoms with E-state index < -0.39 is 6.03 Å². The molecule has 0 radical (unpaired) electrons. The van der Waals surface area contributed by atoms with Gasteiger partial charge in [-0.25, -0.2) is 4.79 Å². The molecule has 1 aromatic rings. The van der Waals surface area contributed by atoms with E-state index >= 15 is 0 Å². The second-order valence-electron chi connectivity index (χ2n) is 3.97. The third-order valence-electron chi connectivity index (χ3n) is 2.10. The van der Waals surface area contributed by atoms with Crippen molar-refractivity contribution in [2.45, 2.75) is 26.7 Å². The lowest BCUT2D eigenvalue weighted by molar-refractivity contribution is -0.118. The molecular weight excluding hydrogens is 238 g/mol. The summed E-state index contributed by atoms with van der Waals surface area (Å²) in [6, 6.07) is -0.375. The molecule has 1 aromatic heterocycles. The van der Waals surface area contributed by atoms with Crippen molar-refractivity contribution in [2.24, 2.45) is 11.7 Å². The van der Waals surface area contributed by atoms with Crippen LogP contribution in [0.5, 0.6) is 0 Å². The monoisotopic (exact) mass is 255 g/mol. The van der Waals surface area contributed by atoms with Crippen LogP contribution in [0, 0.1) is 5.92 Å². The molecule has 0 aliphatic heterocycles. The van der Waals surface area contributed by atoms with Crippen LogP contribution in [0.2, 0.25) is 0 Å². The first-order chi connectivity index (χ1) is 8.51. The van der Waals surface area contributed by atoms with Gasteiger partial charge in [0.1, 0.15) is 0 Å². The molecule has 0 aromatic carbocycles. The zero-order valence-corrected chi connectivity index (χ0v) is 10.4. The van der Waals surface area contributed by atoms with Gasteiger partial charge in [-0.15, -0.1) is 5.10 Å². The maximum Gasteiger partial charge on any atom is 0.323 e. The topological polar surface area (TPSA) is 123 Å². The molecule has 0 saturated heterocycles. The van der Waals surface area contributed by atoms with Crippen LogP contribution in [0.1, 0.15) is 26.2 Å². The Morgan fingerprint density at radius 2 is 2.17 bits per heavy atom. The van der Waals surface area contributed by atoms with E-state index in [4.69, 9.17) is 10.2 Å². The van der Waals surface area contributed by atoms with Crippen LogP contribution < -0.4 is 16.4 Å². The van der Waals surface area contributed by atoms with Gasteiger partial charge in [0.15, 0.2) is 0 Å². The van der Waals surface area contributed by atoms with Crippen LogP contribution in [-0.2, 0) is 11.2 Å². The fourth-order valence-corrected chi connectivity index (χ4v) is 1.40. The standard InChI is InChI=1S/C10H17N5O3/c1-3-12-9(17)13-10-15-14-8(18-10)5-6(2)4-7(11)16/h6H,3-5H2,1-2H3,(H2,11,16)(H2,12,13,15,17)/t6-/m1/s1. The van der Waals surface area contributed by atoms with Crippen molar-refractivity contribution in [3.05, 3.63) is 5.89 Å². The highest BCUT2D eigenvalue weighted by atomic mass is 16.4. The molecule has 0 fully saturated rings. The Kier molecular flexibility index (Phi) is 5.09. The number of hydrogen-bond acceptors (Lipinski definition) is 5. The summed E-state index contributed by atoms with van der Waals surface area (Å²) in [6.45, 7) is 4.15. The van der Waals surface area contributed by atoms with Crippen molar-refractivity contribution in [2.75, 3.05) is 11.9 Å². The smallest absolute Gasteiger partial charge is 0.323 e. The van der Waals surface area contributed by atoms with Crippen LogP contribution in [0.15, 0.2) is 4.42 Å². The highest BCUT2D eigenvalue weighted by molar-refractivity contribution is 5.86. The predicted octanol–water partition coefficient (Wildman–Crippen LogP) is 0.265. The molecule has 3 amide bonds. The van der Waals surface area contributed by atoms with Gasteiger partial charge in [0.05, 0.1) is 0 Å². The van der Waals surface area contributed by atoms with Gasteiger partial charge in [0.25, 0.3) is 0 Å². The average molecular weight is 255 g/mol. The number of carbonyl (C=O) groups is 2. The number of aromatic nitrogens is 2. The Hall–Kier alpha value is -2.12. The van der Waals surface area contributed by atoms with Crippen molar-refractivity contribution in [1.29, 1.82) is 0 Å². The second-order valence-corrected chi connectivity index (χ2v) is 3.97. The Labute approximate surface area is 104 Å². The summed E-state index contributed by atoms with van der Waals surface area (Å²) in [5.41, 5.74) is 5.08. The summed E-state index contributed by atoms with van der Waals surface area (Å²) in [5.74, 6) is -0.00139. The molecular formula is C10H17N5O3. The number of primary amides is 1. The molecule has 4 N–H and O–H groups in total. The van der Waals surface area contributed by atoms with E-state index in [9.17, 15) is 9.59 Å². The van der Waals surface area contributed by atoms with E-state index in [1.807, 2.05) is 6.92 Å². The van der Waals surface area contributed by atoms with Crippen molar-refractivity contribution in [1.82, 2.24) is 15.5 Å². The lowest BCUT2D eigenvalue weighted by atomic mass is 10.0. The van der Waals surface area contributed by atoms with Gasteiger partial charge in [0, 0.05) is 19.4 Å². The minimum atomic E-state index is -0.405. The second kappa shape index (κ2) is 6.58. The summed E-state index contributed by atoms with van der Waals surface area (Å²) < 4.78 is 5.21. The maximum atomic E-state index is 11.2. The molecule has 8 heteroatoms. The average Bonchev–Trinajstić information content (AvgIpc) is 2.64. The van der Waals surface area contributed by atoms with Gasteiger partial charge >= 0.3 is 12.0 Å². The van der Waals surface area contributed by atoms with Gasteiger partial charge in [-0.2, -0.15) is 0 Å². The number of nitrogens with one attached hydrogen (secondary N) is 2. The van der Waals surface area contributed by atoms with E-state index in [0.717, 1.165) is 0 Å². The van der Waals surface area contributed by atoms with Gasteiger partial charge in [-0.1, -0.05) is 12.0 Å².